The van der Waals surface area contributed by atoms with E-state index in [-0.39, 0.29) is 11.8 Å². The number of benzene rings is 1. The van der Waals surface area contributed by atoms with E-state index in [1.165, 1.54) is 0 Å². The largest absolute Gasteiger partial charge is 0.361 e. The molecule has 4 heterocycles. The first-order valence-electron chi connectivity index (χ1n) is 10.3. The zero-order chi connectivity index (χ0) is 20.5. The average Bonchev–Trinajstić information content (AvgIpc) is 3.55. The molecule has 2 aliphatic rings. The van der Waals surface area contributed by atoms with Gasteiger partial charge in [-0.2, -0.15) is 0 Å². The Morgan fingerprint density at radius 1 is 1.13 bits per heavy atom. The van der Waals surface area contributed by atoms with E-state index < -0.39 is 0 Å². The Kier molecular flexibility index (Phi) is 5.52. The highest BCUT2D eigenvalue weighted by atomic mass is 32.2. The summed E-state index contributed by atoms with van der Waals surface area (Å²) >= 11 is 3.37. The summed E-state index contributed by atoms with van der Waals surface area (Å²) < 4.78 is 0. The SMILES string of the molecule is O=C(Cc1c[nH]c2ccccc12)N1CCC(c2nc(C(=O)N3CCSC3)cs2)CC1. The molecule has 30 heavy (non-hydrogen) atoms. The van der Waals surface area contributed by atoms with Crippen LogP contribution in [0.4, 0.5) is 0 Å². The second-order valence-corrected chi connectivity index (χ2v) is 9.83. The molecule has 1 aromatic carbocycles. The molecular weight excluding hydrogens is 416 g/mol. The number of para-hydroxylation sites is 1. The molecule has 2 amide bonds. The third-order valence-electron chi connectivity index (χ3n) is 5.99. The van der Waals surface area contributed by atoms with Gasteiger partial charge >= 0.3 is 0 Å². The minimum absolute atomic E-state index is 0.0499. The lowest BCUT2D eigenvalue weighted by Gasteiger charge is -2.31. The number of thiazole rings is 1. The lowest BCUT2D eigenvalue weighted by molar-refractivity contribution is -0.131. The predicted octanol–water partition coefficient (Wildman–Crippen LogP) is 3.72. The van der Waals surface area contributed by atoms with Crippen molar-refractivity contribution in [2.24, 2.45) is 0 Å². The van der Waals surface area contributed by atoms with E-state index in [2.05, 4.69) is 16.0 Å². The second-order valence-electron chi connectivity index (χ2n) is 7.87. The Morgan fingerprint density at radius 2 is 1.97 bits per heavy atom. The molecule has 0 aliphatic carbocycles. The van der Waals surface area contributed by atoms with Crippen molar-refractivity contribution in [2.75, 3.05) is 31.3 Å². The molecule has 1 N–H and O–H groups in total. The monoisotopic (exact) mass is 440 g/mol. The molecule has 2 fully saturated rings. The molecule has 0 bridgehead atoms. The average molecular weight is 441 g/mol. The molecule has 0 saturated carbocycles. The van der Waals surface area contributed by atoms with E-state index in [0.717, 1.165) is 65.6 Å². The number of aromatic nitrogens is 2. The number of aromatic amines is 1. The Bertz CT molecular complexity index is 1060. The fourth-order valence-corrected chi connectivity index (χ4v) is 6.15. The fraction of sp³-hybridized carbons (Fsp3) is 0.409. The van der Waals surface area contributed by atoms with Gasteiger partial charge in [-0.25, -0.2) is 4.98 Å². The van der Waals surface area contributed by atoms with Crippen LogP contribution in [-0.2, 0) is 11.2 Å². The van der Waals surface area contributed by atoms with E-state index in [4.69, 9.17) is 0 Å². The Hall–Kier alpha value is -2.32. The van der Waals surface area contributed by atoms with Gasteiger partial charge in [0.1, 0.15) is 5.69 Å². The van der Waals surface area contributed by atoms with Crippen LogP contribution in [0.5, 0.6) is 0 Å². The molecule has 0 spiro atoms. The topological polar surface area (TPSA) is 69.3 Å². The van der Waals surface area contributed by atoms with Crippen molar-refractivity contribution in [3.8, 4) is 0 Å². The van der Waals surface area contributed by atoms with Gasteiger partial charge < -0.3 is 14.8 Å². The number of nitrogens with one attached hydrogen (secondary N) is 1. The maximum absolute atomic E-state index is 12.8. The van der Waals surface area contributed by atoms with Crippen LogP contribution < -0.4 is 0 Å². The van der Waals surface area contributed by atoms with Crippen molar-refractivity contribution in [2.45, 2.75) is 25.2 Å². The molecule has 0 unspecified atom stereocenters. The summed E-state index contributed by atoms with van der Waals surface area (Å²) in [5, 5.41) is 4.06. The van der Waals surface area contributed by atoms with Gasteiger partial charge in [0.05, 0.1) is 17.3 Å². The molecule has 3 aromatic rings. The summed E-state index contributed by atoms with van der Waals surface area (Å²) in [6, 6.07) is 8.09. The number of carbonyl (C=O) groups is 2. The number of nitrogens with zero attached hydrogens (tertiary/aromatic N) is 3. The first-order valence-corrected chi connectivity index (χ1v) is 12.4. The molecule has 6 nitrogen and oxygen atoms in total. The lowest BCUT2D eigenvalue weighted by atomic mass is 9.97. The van der Waals surface area contributed by atoms with E-state index in [1.807, 2.05) is 39.6 Å². The zero-order valence-electron chi connectivity index (χ0n) is 16.7. The molecule has 0 radical (unpaired) electrons. The number of H-pyrrole nitrogens is 1. The minimum atomic E-state index is 0.0499. The molecule has 2 aromatic heterocycles. The van der Waals surface area contributed by atoms with Crippen molar-refractivity contribution in [3.05, 3.63) is 52.1 Å². The maximum Gasteiger partial charge on any atom is 0.274 e. The number of hydrogen-bond acceptors (Lipinski definition) is 5. The number of rotatable bonds is 4. The van der Waals surface area contributed by atoms with Crippen molar-refractivity contribution < 1.29 is 9.59 Å². The number of likely N-dealkylation sites (tertiary alicyclic amines) is 1. The summed E-state index contributed by atoms with van der Waals surface area (Å²) in [6.45, 7) is 2.31. The van der Waals surface area contributed by atoms with Crippen LogP contribution in [0.1, 0.15) is 39.8 Å². The maximum atomic E-state index is 12.8. The summed E-state index contributed by atoms with van der Waals surface area (Å²) in [4.78, 5) is 37.1. The van der Waals surface area contributed by atoms with Gasteiger partial charge in [-0.3, -0.25) is 9.59 Å². The van der Waals surface area contributed by atoms with Crippen LogP contribution in [-0.4, -0.2) is 62.8 Å². The Balaban J connectivity index is 1.18. The first-order chi connectivity index (χ1) is 14.7. The van der Waals surface area contributed by atoms with Crippen LogP contribution in [0, 0.1) is 0 Å². The first kappa shape index (κ1) is 19.6. The minimum Gasteiger partial charge on any atom is -0.361 e. The van der Waals surface area contributed by atoms with E-state index in [1.54, 1.807) is 23.1 Å². The van der Waals surface area contributed by atoms with Gasteiger partial charge in [-0.05, 0) is 24.5 Å². The summed E-state index contributed by atoms with van der Waals surface area (Å²) in [5.41, 5.74) is 2.71. The van der Waals surface area contributed by atoms with Crippen molar-refractivity contribution in [1.82, 2.24) is 19.8 Å². The highest BCUT2D eigenvalue weighted by molar-refractivity contribution is 7.99. The normalized spacial score (nSPS) is 17.7. The van der Waals surface area contributed by atoms with Crippen molar-refractivity contribution in [1.29, 1.82) is 0 Å². The highest BCUT2D eigenvalue weighted by Gasteiger charge is 2.28. The summed E-state index contributed by atoms with van der Waals surface area (Å²) in [5.74, 6) is 2.34. The molecule has 2 saturated heterocycles. The van der Waals surface area contributed by atoms with Gasteiger partial charge in [0, 0.05) is 53.8 Å². The predicted molar refractivity (Wildman–Crippen MR) is 121 cm³/mol. The summed E-state index contributed by atoms with van der Waals surface area (Å²) in [7, 11) is 0. The van der Waals surface area contributed by atoms with Crippen LogP contribution in [0.15, 0.2) is 35.8 Å². The number of amides is 2. The fourth-order valence-electron chi connectivity index (χ4n) is 4.24. The number of thioether (sulfide) groups is 1. The van der Waals surface area contributed by atoms with Gasteiger partial charge in [-0.1, -0.05) is 18.2 Å². The van der Waals surface area contributed by atoms with Crippen molar-refractivity contribution in [3.63, 3.8) is 0 Å². The second kappa shape index (κ2) is 8.43. The Labute approximate surface area is 183 Å². The van der Waals surface area contributed by atoms with E-state index in [0.29, 0.717) is 18.0 Å². The van der Waals surface area contributed by atoms with Crippen LogP contribution >= 0.6 is 23.1 Å². The number of carbonyl (C=O) groups excluding carboxylic acids is 2. The van der Waals surface area contributed by atoms with Crippen LogP contribution in [0.25, 0.3) is 10.9 Å². The van der Waals surface area contributed by atoms with Crippen molar-refractivity contribution >= 4 is 45.8 Å². The third kappa shape index (κ3) is 3.86. The van der Waals surface area contributed by atoms with E-state index >= 15 is 0 Å². The van der Waals surface area contributed by atoms with E-state index in [9.17, 15) is 9.59 Å². The summed E-state index contributed by atoms with van der Waals surface area (Å²) in [6.07, 6.45) is 4.18. The molecule has 8 heteroatoms. The molecule has 156 valence electrons. The lowest BCUT2D eigenvalue weighted by Crippen LogP contribution is -2.38. The van der Waals surface area contributed by atoms with Gasteiger partial charge in [-0.15, -0.1) is 23.1 Å². The Morgan fingerprint density at radius 3 is 2.77 bits per heavy atom. The smallest absolute Gasteiger partial charge is 0.274 e. The zero-order valence-corrected chi connectivity index (χ0v) is 18.3. The third-order valence-corrected chi connectivity index (χ3v) is 7.97. The molecular formula is C22H24N4O2S2. The quantitative estimate of drug-likeness (QED) is 0.671. The standard InChI is InChI=1S/C22H24N4O2S2/c27-20(11-16-12-23-18-4-2-1-3-17(16)18)25-7-5-15(6-8-25)21-24-19(13-30-21)22(28)26-9-10-29-14-26/h1-4,12-13,15,23H,5-11,14H2. The van der Waals surface area contributed by atoms with Gasteiger partial charge in [0.15, 0.2) is 0 Å². The van der Waals surface area contributed by atoms with Crippen LogP contribution in [0.3, 0.4) is 0 Å². The number of piperidine rings is 1. The van der Waals surface area contributed by atoms with Gasteiger partial charge in [0.25, 0.3) is 5.91 Å². The molecule has 2 aliphatic heterocycles. The molecule has 0 atom stereocenters. The van der Waals surface area contributed by atoms with Crippen LogP contribution in [0.2, 0.25) is 0 Å². The number of hydrogen-bond donors (Lipinski definition) is 1. The molecule has 5 rings (SSSR count). The van der Waals surface area contributed by atoms with Gasteiger partial charge in [0.2, 0.25) is 5.91 Å². The highest BCUT2D eigenvalue weighted by Crippen LogP contribution is 2.31. The number of fused-ring (bicyclic) bond motifs is 1.